The Morgan fingerprint density at radius 3 is 2.61 bits per heavy atom. The Bertz CT molecular complexity index is 761. The van der Waals surface area contributed by atoms with Crippen molar-refractivity contribution in [3.8, 4) is 5.88 Å². The van der Waals surface area contributed by atoms with Gasteiger partial charge in [-0.3, -0.25) is 9.89 Å². The fraction of sp³-hybridized carbons (Fsp3) is 0.478. The highest BCUT2D eigenvalue weighted by Gasteiger charge is 2.10. The largest absolute Gasteiger partial charge is 0.475 e. The third-order valence-corrected chi connectivity index (χ3v) is 4.93. The molecule has 7 nitrogen and oxygen atoms in total. The quantitative estimate of drug-likeness (QED) is 0.186. The maximum Gasteiger partial charge on any atom is 0.218 e. The van der Waals surface area contributed by atoms with Crippen LogP contribution in [-0.4, -0.2) is 62.8 Å². The van der Waals surface area contributed by atoms with E-state index < -0.39 is 0 Å². The number of rotatable bonds is 12. The van der Waals surface area contributed by atoms with Gasteiger partial charge in [0.05, 0.1) is 6.61 Å². The Hall–Kier alpha value is -1.91. The molecule has 0 fully saturated rings. The summed E-state index contributed by atoms with van der Waals surface area (Å²) in [5.41, 5.74) is 2.31. The molecule has 0 saturated carbocycles. The first kappa shape index (κ1) is 27.1. The number of guanidine groups is 1. The fourth-order valence-corrected chi connectivity index (χ4v) is 2.96. The Balaban J connectivity index is 0.00000480. The number of pyridine rings is 1. The molecular formula is C23H36IN5O2. The molecule has 1 aromatic heterocycles. The zero-order valence-electron chi connectivity index (χ0n) is 19.0. The van der Waals surface area contributed by atoms with Crippen LogP contribution >= 0.6 is 24.0 Å². The Labute approximate surface area is 203 Å². The number of hydrogen-bond acceptors (Lipinski definition) is 5. The lowest BCUT2D eigenvalue weighted by Crippen LogP contribution is -2.39. The number of hydrogen-bond donors (Lipinski definition) is 2. The molecular weight excluding hydrogens is 505 g/mol. The van der Waals surface area contributed by atoms with Gasteiger partial charge < -0.3 is 20.1 Å². The summed E-state index contributed by atoms with van der Waals surface area (Å²) in [6.45, 7) is 5.62. The van der Waals surface area contributed by atoms with E-state index in [-0.39, 0.29) is 24.0 Å². The van der Waals surface area contributed by atoms with Crippen LogP contribution in [0.3, 0.4) is 0 Å². The average Bonchev–Trinajstić information content (AvgIpc) is 2.77. The zero-order chi connectivity index (χ0) is 21.6. The first-order chi connectivity index (χ1) is 14.6. The van der Waals surface area contributed by atoms with Crippen molar-refractivity contribution in [2.75, 3.05) is 41.0 Å². The minimum Gasteiger partial charge on any atom is -0.475 e. The lowest BCUT2D eigenvalue weighted by atomic mass is 10.1. The summed E-state index contributed by atoms with van der Waals surface area (Å²) in [6.07, 6.45) is 2.74. The van der Waals surface area contributed by atoms with E-state index in [9.17, 15) is 0 Å². The van der Waals surface area contributed by atoms with Crippen LogP contribution in [0.2, 0.25) is 0 Å². The fourth-order valence-electron chi connectivity index (χ4n) is 2.96. The van der Waals surface area contributed by atoms with E-state index >= 15 is 0 Å². The van der Waals surface area contributed by atoms with Crippen LogP contribution in [0.15, 0.2) is 53.7 Å². The number of benzene rings is 1. The molecule has 0 aliphatic rings. The van der Waals surface area contributed by atoms with E-state index in [2.05, 4.69) is 69.8 Å². The zero-order valence-corrected chi connectivity index (χ0v) is 21.3. The maximum absolute atomic E-state index is 5.69. The molecule has 2 aromatic rings. The molecule has 0 aliphatic carbocycles. The van der Waals surface area contributed by atoms with Crippen molar-refractivity contribution in [1.29, 1.82) is 0 Å². The molecule has 2 N–H and O–H groups in total. The van der Waals surface area contributed by atoms with E-state index in [1.54, 1.807) is 20.4 Å². The van der Waals surface area contributed by atoms with Crippen molar-refractivity contribution in [3.63, 3.8) is 0 Å². The maximum atomic E-state index is 5.69. The summed E-state index contributed by atoms with van der Waals surface area (Å²) >= 11 is 0. The van der Waals surface area contributed by atoms with Gasteiger partial charge in [0.1, 0.15) is 6.61 Å². The van der Waals surface area contributed by atoms with Crippen LogP contribution in [0.1, 0.15) is 24.5 Å². The molecule has 8 heteroatoms. The molecule has 0 bridgehead atoms. The summed E-state index contributed by atoms with van der Waals surface area (Å²) in [7, 11) is 5.60. The van der Waals surface area contributed by atoms with E-state index in [0.717, 1.165) is 31.0 Å². The molecule has 31 heavy (non-hydrogen) atoms. The third kappa shape index (κ3) is 10.3. The number of nitrogens with one attached hydrogen (secondary N) is 2. The minimum absolute atomic E-state index is 0. The van der Waals surface area contributed by atoms with E-state index in [0.29, 0.717) is 31.7 Å². The summed E-state index contributed by atoms with van der Waals surface area (Å²) in [5.74, 6) is 1.38. The van der Waals surface area contributed by atoms with Crippen LogP contribution in [0.25, 0.3) is 0 Å². The van der Waals surface area contributed by atoms with Gasteiger partial charge in [-0.05, 0) is 32.0 Å². The van der Waals surface area contributed by atoms with Crippen molar-refractivity contribution in [2.24, 2.45) is 4.99 Å². The monoisotopic (exact) mass is 541 g/mol. The van der Waals surface area contributed by atoms with Gasteiger partial charge in [0.2, 0.25) is 5.88 Å². The average molecular weight is 541 g/mol. The SMILES string of the molecule is CN=C(NCCC(C)N(C)Cc1ccccc1)NCc1cccnc1OCCOC.I. The van der Waals surface area contributed by atoms with Gasteiger partial charge in [-0.1, -0.05) is 36.4 Å². The van der Waals surface area contributed by atoms with Crippen LogP contribution < -0.4 is 15.4 Å². The topological polar surface area (TPSA) is 71.0 Å². The highest BCUT2D eigenvalue weighted by atomic mass is 127. The first-order valence-corrected chi connectivity index (χ1v) is 10.4. The predicted octanol–water partition coefficient (Wildman–Crippen LogP) is 3.30. The normalized spacial score (nSPS) is 12.2. The summed E-state index contributed by atoms with van der Waals surface area (Å²) in [4.78, 5) is 11.0. The van der Waals surface area contributed by atoms with Crippen LogP contribution in [0.4, 0.5) is 0 Å². The van der Waals surface area contributed by atoms with Crippen molar-refractivity contribution in [3.05, 3.63) is 59.8 Å². The Morgan fingerprint density at radius 2 is 1.90 bits per heavy atom. The van der Waals surface area contributed by atoms with Crippen molar-refractivity contribution in [2.45, 2.75) is 32.5 Å². The molecule has 1 heterocycles. The minimum atomic E-state index is 0. The number of methoxy groups -OCH3 is 1. The lowest BCUT2D eigenvalue weighted by molar-refractivity contribution is 0.143. The lowest BCUT2D eigenvalue weighted by Gasteiger charge is -2.25. The number of aliphatic imine (C=N–C) groups is 1. The van der Waals surface area contributed by atoms with Gasteiger partial charge in [0, 0.05) is 51.6 Å². The second-order valence-corrected chi connectivity index (χ2v) is 7.20. The van der Waals surface area contributed by atoms with E-state index in [1.165, 1.54) is 5.56 Å². The molecule has 0 radical (unpaired) electrons. The number of aromatic nitrogens is 1. The molecule has 0 aliphatic heterocycles. The highest BCUT2D eigenvalue weighted by molar-refractivity contribution is 14.0. The summed E-state index contributed by atoms with van der Waals surface area (Å²) < 4.78 is 10.7. The predicted molar refractivity (Wildman–Crippen MR) is 137 cm³/mol. The van der Waals surface area contributed by atoms with E-state index in [4.69, 9.17) is 9.47 Å². The molecule has 1 unspecified atom stereocenters. The molecule has 1 atom stereocenters. The van der Waals surface area contributed by atoms with Crippen LogP contribution in [0, 0.1) is 0 Å². The highest BCUT2D eigenvalue weighted by Crippen LogP contribution is 2.13. The third-order valence-electron chi connectivity index (χ3n) is 4.93. The van der Waals surface area contributed by atoms with Crippen molar-refractivity contribution < 1.29 is 9.47 Å². The summed E-state index contributed by atoms with van der Waals surface area (Å²) in [6, 6.07) is 14.9. The molecule has 0 spiro atoms. The first-order valence-electron chi connectivity index (χ1n) is 10.4. The van der Waals surface area contributed by atoms with Crippen LogP contribution in [0.5, 0.6) is 5.88 Å². The number of ether oxygens (including phenoxy) is 2. The molecule has 172 valence electrons. The van der Waals surface area contributed by atoms with E-state index in [1.807, 2.05) is 12.1 Å². The molecule has 1 aromatic carbocycles. The second kappa shape index (κ2) is 15.8. The van der Waals surface area contributed by atoms with Gasteiger partial charge in [0.25, 0.3) is 0 Å². The number of nitrogens with zero attached hydrogens (tertiary/aromatic N) is 3. The Kier molecular flexibility index (Phi) is 13.8. The van der Waals surface area contributed by atoms with Crippen molar-refractivity contribution >= 4 is 29.9 Å². The van der Waals surface area contributed by atoms with Gasteiger partial charge in [0.15, 0.2) is 5.96 Å². The van der Waals surface area contributed by atoms with Crippen LogP contribution in [-0.2, 0) is 17.8 Å². The van der Waals surface area contributed by atoms with Gasteiger partial charge in [-0.15, -0.1) is 24.0 Å². The summed E-state index contributed by atoms with van der Waals surface area (Å²) in [5, 5.41) is 6.73. The Morgan fingerprint density at radius 1 is 1.13 bits per heavy atom. The molecule has 0 amide bonds. The number of halogens is 1. The molecule has 0 saturated heterocycles. The van der Waals surface area contributed by atoms with Crippen molar-refractivity contribution in [1.82, 2.24) is 20.5 Å². The van der Waals surface area contributed by atoms with Gasteiger partial charge in [-0.2, -0.15) is 0 Å². The van der Waals surface area contributed by atoms with Gasteiger partial charge >= 0.3 is 0 Å². The standard InChI is InChI=1S/C23H35N5O2.HI/c1-19(28(3)18-20-9-6-5-7-10-20)12-14-26-23(24-2)27-17-21-11-8-13-25-22(21)30-16-15-29-4;/h5-11,13,19H,12,14-18H2,1-4H3,(H2,24,26,27);1H. The van der Waals surface area contributed by atoms with Gasteiger partial charge in [-0.25, -0.2) is 4.98 Å². The molecule has 2 rings (SSSR count). The smallest absolute Gasteiger partial charge is 0.218 e. The second-order valence-electron chi connectivity index (χ2n) is 7.20.